The standard InChI is InChI=1S/C25H26FN7O2/c1-14-10-16(4-5-18(14)26)29-22-21-17(24(34)31-23(21)28-13-27-22)12-19-15(2)11-20(30-19)25(35)33-8-6-32(3)7-9-33/h4-5,10-13,30H,6-9H2,1-3H3,(H2,27,28,29,31,34)/b17-12-. The van der Waals surface area contributed by atoms with Crippen molar-refractivity contribution in [1.29, 1.82) is 0 Å². The zero-order valence-corrected chi connectivity index (χ0v) is 19.8. The molecule has 0 atom stereocenters. The Morgan fingerprint density at radius 3 is 2.63 bits per heavy atom. The van der Waals surface area contributed by atoms with Crippen LogP contribution in [0.15, 0.2) is 30.6 Å². The summed E-state index contributed by atoms with van der Waals surface area (Å²) in [5.74, 6) is 0.128. The molecule has 1 aromatic carbocycles. The number of halogens is 1. The fourth-order valence-electron chi connectivity index (χ4n) is 4.28. The van der Waals surface area contributed by atoms with Crippen LogP contribution >= 0.6 is 0 Å². The Balaban J connectivity index is 1.47. The van der Waals surface area contributed by atoms with Gasteiger partial charge in [-0.05, 0) is 62.4 Å². The third-order valence-corrected chi connectivity index (χ3v) is 6.38. The van der Waals surface area contributed by atoms with Crippen molar-refractivity contribution in [1.82, 2.24) is 24.8 Å². The normalized spacial score (nSPS) is 17.0. The molecule has 1 fully saturated rings. The number of likely N-dealkylation sites (N-methyl/N-ethyl adjacent to an activating group) is 1. The monoisotopic (exact) mass is 475 g/mol. The van der Waals surface area contributed by atoms with Crippen molar-refractivity contribution in [2.24, 2.45) is 0 Å². The Kier molecular flexibility index (Phi) is 5.81. The number of carbonyl (C=O) groups is 2. The van der Waals surface area contributed by atoms with Crippen molar-refractivity contribution >= 4 is 40.8 Å². The zero-order valence-electron chi connectivity index (χ0n) is 19.8. The summed E-state index contributed by atoms with van der Waals surface area (Å²) in [5, 5.41) is 5.93. The van der Waals surface area contributed by atoms with Crippen molar-refractivity contribution in [2.45, 2.75) is 13.8 Å². The number of nitrogens with zero attached hydrogens (tertiary/aromatic N) is 4. The first-order valence-electron chi connectivity index (χ1n) is 11.4. The molecule has 0 unspecified atom stereocenters. The molecule has 5 rings (SSSR count). The van der Waals surface area contributed by atoms with E-state index in [-0.39, 0.29) is 17.6 Å². The Morgan fingerprint density at radius 1 is 1.11 bits per heavy atom. The van der Waals surface area contributed by atoms with E-state index in [2.05, 4.69) is 30.5 Å². The number of aryl methyl sites for hydroxylation is 2. The molecular weight excluding hydrogens is 449 g/mol. The van der Waals surface area contributed by atoms with Crippen LogP contribution in [0, 0.1) is 19.7 Å². The molecule has 35 heavy (non-hydrogen) atoms. The van der Waals surface area contributed by atoms with Crippen LogP contribution in [0.25, 0.3) is 11.6 Å². The third kappa shape index (κ3) is 4.40. The van der Waals surface area contributed by atoms with Crippen LogP contribution in [0.1, 0.15) is 32.9 Å². The summed E-state index contributed by atoms with van der Waals surface area (Å²) in [6, 6.07) is 6.46. The summed E-state index contributed by atoms with van der Waals surface area (Å²) in [6.07, 6.45) is 3.06. The molecule has 2 aliphatic heterocycles. The Morgan fingerprint density at radius 2 is 1.89 bits per heavy atom. The molecule has 1 saturated heterocycles. The van der Waals surface area contributed by atoms with Gasteiger partial charge in [0, 0.05) is 37.6 Å². The fraction of sp³-hybridized carbons (Fsp3) is 0.280. The van der Waals surface area contributed by atoms with E-state index < -0.39 is 0 Å². The topological polar surface area (TPSA) is 106 Å². The quantitative estimate of drug-likeness (QED) is 0.501. The fourth-order valence-corrected chi connectivity index (χ4v) is 4.28. The smallest absolute Gasteiger partial charge is 0.270 e. The van der Waals surface area contributed by atoms with Gasteiger partial charge in [0.15, 0.2) is 0 Å². The number of anilines is 3. The SMILES string of the molecule is Cc1cc(Nc2ncnc3c2/C(=C/c2[nH]c(C(=O)N4CCN(C)CC4)cc2C)C(=O)N3)ccc1F. The minimum Gasteiger partial charge on any atom is -0.351 e. The van der Waals surface area contributed by atoms with E-state index in [1.54, 1.807) is 25.1 Å². The maximum absolute atomic E-state index is 13.7. The van der Waals surface area contributed by atoms with Gasteiger partial charge in [-0.15, -0.1) is 0 Å². The molecule has 0 bridgehead atoms. The lowest BCUT2D eigenvalue weighted by atomic mass is 10.1. The summed E-state index contributed by atoms with van der Waals surface area (Å²) in [4.78, 5) is 41.6. The number of hydrogen-bond donors (Lipinski definition) is 3. The summed E-state index contributed by atoms with van der Waals surface area (Å²) in [5.41, 5.74) is 4.00. The predicted molar refractivity (Wildman–Crippen MR) is 132 cm³/mol. The molecule has 9 nitrogen and oxygen atoms in total. The lowest BCUT2D eigenvalue weighted by molar-refractivity contribution is -0.110. The second-order valence-corrected chi connectivity index (χ2v) is 8.92. The first kappa shape index (κ1) is 22.7. The summed E-state index contributed by atoms with van der Waals surface area (Å²) in [6.45, 7) is 6.59. The van der Waals surface area contributed by atoms with E-state index in [0.29, 0.717) is 58.5 Å². The van der Waals surface area contributed by atoms with Crippen LogP contribution < -0.4 is 10.6 Å². The molecule has 180 valence electrons. The highest BCUT2D eigenvalue weighted by atomic mass is 19.1. The van der Waals surface area contributed by atoms with Crippen LogP contribution in [0.2, 0.25) is 0 Å². The van der Waals surface area contributed by atoms with Crippen molar-refractivity contribution in [3.05, 3.63) is 64.5 Å². The van der Waals surface area contributed by atoms with Crippen LogP contribution in [0.5, 0.6) is 0 Å². The molecule has 2 aliphatic rings. The summed E-state index contributed by atoms with van der Waals surface area (Å²) < 4.78 is 13.7. The number of hydrogen-bond acceptors (Lipinski definition) is 6. The molecule has 0 spiro atoms. The molecule has 4 heterocycles. The second kappa shape index (κ2) is 8.95. The van der Waals surface area contributed by atoms with Gasteiger partial charge in [-0.3, -0.25) is 9.59 Å². The Labute approximate surface area is 202 Å². The number of aromatic amines is 1. The maximum Gasteiger partial charge on any atom is 0.270 e. The van der Waals surface area contributed by atoms with Crippen LogP contribution in [-0.4, -0.2) is 69.8 Å². The predicted octanol–water partition coefficient (Wildman–Crippen LogP) is 3.18. The van der Waals surface area contributed by atoms with Crippen LogP contribution in [-0.2, 0) is 4.79 Å². The first-order chi connectivity index (χ1) is 16.8. The van der Waals surface area contributed by atoms with E-state index in [0.717, 1.165) is 18.7 Å². The van der Waals surface area contributed by atoms with Gasteiger partial charge in [-0.1, -0.05) is 0 Å². The molecule has 0 aliphatic carbocycles. The van der Waals surface area contributed by atoms with Crippen LogP contribution in [0.4, 0.5) is 21.7 Å². The van der Waals surface area contributed by atoms with Gasteiger partial charge >= 0.3 is 0 Å². The van der Waals surface area contributed by atoms with Gasteiger partial charge < -0.3 is 25.4 Å². The van der Waals surface area contributed by atoms with Crippen molar-refractivity contribution < 1.29 is 14.0 Å². The van der Waals surface area contributed by atoms with Crippen molar-refractivity contribution in [2.75, 3.05) is 43.9 Å². The largest absolute Gasteiger partial charge is 0.351 e. The van der Waals surface area contributed by atoms with Gasteiger partial charge in [-0.25, -0.2) is 14.4 Å². The molecule has 2 aromatic heterocycles. The Hall–Kier alpha value is -4.05. The minimum atomic E-state index is -0.320. The number of rotatable bonds is 4. The van der Waals surface area contributed by atoms with Gasteiger partial charge in [0.25, 0.3) is 11.8 Å². The highest BCUT2D eigenvalue weighted by Crippen LogP contribution is 2.37. The lowest BCUT2D eigenvalue weighted by Crippen LogP contribution is -2.47. The highest BCUT2D eigenvalue weighted by molar-refractivity contribution is 6.35. The minimum absolute atomic E-state index is 0.0560. The molecular formula is C25H26FN7O2. The molecule has 0 saturated carbocycles. The average Bonchev–Trinajstić information content (AvgIpc) is 3.36. The number of carbonyl (C=O) groups excluding carboxylic acids is 2. The lowest BCUT2D eigenvalue weighted by Gasteiger charge is -2.32. The Bertz CT molecular complexity index is 1360. The number of aromatic nitrogens is 3. The van der Waals surface area contributed by atoms with E-state index in [9.17, 15) is 14.0 Å². The number of benzene rings is 1. The second-order valence-electron chi connectivity index (χ2n) is 8.92. The zero-order chi connectivity index (χ0) is 24.7. The summed E-state index contributed by atoms with van der Waals surface area (Å²) >= 11 is 0. The number of fused-ring (bicyclic) bond motifs is 1. The number of nitrogens with one attached hydrogen (secondary N) is 3. The average molecular weight is 476 g/mol. The van der Waals surface area contributed by atoms with E-state index in [4.69, 9.17) is 0 Å². The molecule has 3 N–H and O–H groups in total. The maximum atomic E-state index is 13.7. The van der Waals surface area contributed by atoms with Crippen molar-refractivity contribution in [3.8, 4) is 0 Å². The number of amides is 2. The first-order valence-corrected chi connectivity index (χ1v) is 11.4. The molecule has 10 heteroatoms. The van der Waals surface area contributed by atoms with E-state index in [1.165, 1.54) is 12.4 Å². The van der Waals surface area contributed by atoms with Gasteiger partial charge in [0.1, 0.15) is 29.5 Å². The number of H-pyrrole nitrogens is 1. The summed E-state index contributed by atoms with van der Waals surface area (Å²) in [7, 11) is 2.04. The van der Waals surface area contributed by atoms with Gasteiger partial charge in [0.2, 0.25) is 0 Å². The van der Waals surface area contributed by atoms with Crippen LogP contribution in [0.3, 0.4) is 0 Å². The van der Waals surface area contributed by atoms with E-state index >= 15 is 0 Å². The third-order valence-electron chi connectivity index (χ3n) is 6.38. The molecule has 0 radical (unpaired) electrons. The van der Waals surface area contributed by atoms with E-state index in [1.807, 2.05) is 24.9 Å². The number of piperazine rings is 1. The molecule has 3 aromatic rings. The van der Waals surface area contributed by atoms with Gasteiger partial charge in [-0.2, -0.15) is 0 Å². The molecule has 2 amide bonds. The highest BCUT2D eigenvalue weighted by Gasteiger charge is 2.30. The van der Waals surface area contributed by atoms with Gasteiger partial charge in [0.05, 0.1) is 11.1 Å². The van der Waals surface area contributed by atoms with Crippen molar-refractivity contribution in [3.63, 3.8) is 0 Å².